The van der Waals surface area contributed by atoms with E-state index in [0.717, 1.165) is 0 Å². The second-order valence-corrected chi connectivity index (χ2v) is 5.34. The second kappa shape index (κ2) is 7.11. The Kier molecular flexibility index (Phi) is 5.18. The van der Waals surface area contributed by atoms with E-state index < -0.39 is 18.0 Å². The number of hydrogen-bond donors (Lipinski definition) is 2. The monoisotopic (exact) mass is 334 g/mol. The van der Waals surface area contributed by atoms with Gasteiger partial charge in [0.25, 0.3) is 5.91 Å². The minimum atomic E-state index is -0.998. The number of nitrogens with one attached hydrogen (secondary N) is 2. The smallest absolute Gasteiger partial charge is 0.355 e. The number of benzene rings is 1. The van der Waals surface area contributed by atoms with E-state index in [1.807, 2.05) is 0 Å². The van der Waals surface area contributed by atoms with Crippen molar-refractivity contribution in [3.63, 3.8) is 0 Å². The van der Waals surface area contributed by atoms with E-state index in [9.17, 15) is 14.4 Å². The molecular weight excluding hydrogens is 320 g/mol. The van der Waals surface area contributed by atoms with Gasteiger partial charge in [-0.1, -0.05) is 11.6 Å². The van der Waals surface area contributed by atoms with Crippen molar-refractivity contribution in [1.29, 1.82) is 0 Å². The third-order valence-electron chi connectivity index (χ3n) is 3.07. The molecule has 23 heavy (non-hydrogen) atoms. The number of aromatic amines is 1. The molecule has 0 radical (unpaired) electrons. The van der Waals surface area contributed by atoms with Crippen LogP contribution in [0.3, 0.4) is 0 Å². The maximum absolute atomic E-state index is 12.0. The molecule has 0 aliphatic heterocycles. The molecule has 0 aliphatic carbocycles. The van der Waals surface area contributed by atoms with Crippen LogP contribution >= 0.6 is 11.6 Å². The van der Waals surface area contributed by atoms with Crippen LogP contribution < -0.4 is 5.32 Å². The lowest BCUT2D eigenvalue weighted by Crippen LogP contribution is -2.30. The van der Waals surface area contributed by atoms with Crippen LogP contribution in [-0.4, -0.2) is 28.7 Å². The maximum atomic E-state index is 12.0. The quantitative estimate of drug-likeness (QED) is 0.649. The minimum Gasteiger partial charge on any atom is -0.448 e. The van der Waals surface area contributed by atoms with Gasteiger partial charge in [-0.2, -0.15) is 0 Å². The predicted molar refractivity (Wildman–Crippen MR) is 85.8 cm³/mol. The molecular formula is C16H15ClN2O4. The summed E-state index contributed by atoms with van der Waals surface area (Å²) in [6.45, 7) is 2.85. The zero-order valence-corrected chi connectivity index (χ0v) is 13.3. The Hall–Kier alpha value is -2.60. The molecule has 0 fully saturated rings. The lowest BCUT2D eigenvalue weighted by molar-refractivity contribution is -0.123. The highest BCUT2D eigenvalue weighted by atomic mass is 35.5. The Morgan fingerprint density at radius 2 is 1.87 bits per heavy atom. The van der Waals surface area contributed by atoms with Gasteiger partial charge in [0.2, 0.25) is 0 Å². The molecule has 1 aromatic heterocycles. The average Bonchev–Trinajstić information content (AvgIpc) is 2.99. The van der Waals surface area contributed by atoms with Crippen molar-refractivity contribution in [2.75, 3.05) is 5.32 Å². The van der Waals surface area contributed by atoms with E-state index in [2.05, 4.69) is 10.3 Å². The molecule has 0 saturated carbocycles. The van der Waals surface area contributed by atoms with E-state index in [0.29, 0.717) is 16.3 Å². The summed E-state index contributed by atoms with van der Waals surface area (Å²) in [6.07, 6.45) is 0.416. The fourth-order valence-electron chi connectivity index (χ4n) is 1.77. The van der Waals surface area contributed by atoms with Crippen LogP contribution in [0.15, 0.2) is 36.5 Å². The van der Waals surface area contributed by atoms with Crippen LogP contribution in [0.5, 0.6) is 0 Å². The number of H-pyrrole nitrogens is 1. The van der Waals surface area contributed by atoms with Gasteiger partial charge in [0.1, 0.15) is 5.69 Å². The lowest BCUT2D eigenvalue weighted by atomic mass is 10.2. The van der Waals surface area contributed by atoms with E-state index in [1.165, 1.54) is 26.1 Å². The molecule has 1 atom stereocenters. The third-order valence-corrected chi connectivity index (χ3v) is 3.33. The number of rotatable bonds is 5. The van der Waals surface area contributed by atoms with Crippen molar-refractivity contribution in [2.45, 2.75) is 20.0 Å². The van der Waals surface area contributed by atoms with Crippen molar-refractivity contribution >= 4 is 34.9 Å². The zero-order valence-electron chi connectivity index (χ0n) is 12.6. The Bertz CT molecular complexity index is 737. The van der Waals surface area contributed by atoms with Gasteiger partial charge in [0, 0.05) is 22.5 Å². The van der Waals surface area contributed by atoms with Gasteiger partial charge in [-0.15, -0.1) is 0 Å². The number of carbonyl (C=O) groups is 3. The molecule has 1 aromatic carbocycles. The van der Waals surface area contributed by atoms with Gasteiger partial charge in [-0.05, 0) is 44.2 Å². The molecule has 2 rings (SSSR count). The molecule has 1 amide bonds. The molecule has 0 unspecified atom stereocenters. The molecule has 2 aromatic rings. The number of halogens is 1. The molecule has 6 nitrogen and oxygen atoms in total. The summed E-state index contributed by atoms with van der Waals surface area (Å²) in [7, 11) is 0. The van der Waals surface area contributed by atoms with E-state index in [1.54, 1.807) is 24.3 Å². The van der Waals surface area contributed by atoms with E-state index in [-0.39, 0.29) is 11.5 Å². The number of hydrogen-bond acceptors (Lipinski definition) is 4. The highest BCUT2D eigenvalue weighted by molar-refractivity contribution is 6.30. The summed E-state index contributed by atoms with van der Waals surface area (Å²) in [5, 5.41) is 3.16. The summed E-state index contributed by atoms with van der Waals surface area (Å²) in [6, 6.07) is 7.93. The molecule has 0 bridgehead atoms. The molecule has 0 spiro atoms. The van der Waals surface area contributed by atoms with Gasteiger partial charge in [-0.3, -0.25) is 9.59 Å². The number of ketones is 1. The fourth-order valence-corrected chi connectivity index (χ4v) is 1.90. The van der Waals surface area contributed by atoms with Crippen molar-refractivity contribution in [3.8, 4) is 0 Å². The number of ether oxygens (including phenoxy) is 1. The van der Waals surface area contributed by atoms with E-state index >= 15 is 0 Å². The Labute approximate surface area is 137 Å². The van der Waals surface area contributed by atoms with Gasteiger partial charge in [-0.25, -0.2) is 4.79 Å². The highest BCUT2D eigenvalue weighted by Gasteiger charge is 2.20. The van der Waals surface area contributed by atoms with Crippen LogP contribution in [0, 0.1) is 0 Å². The second-order valence-electron chi connectivity index (χ2n) is 4.90. The van der Waals surface area contributed by atoms with Crippen molar-refractivity contribution < 1.29 is 19.1 Å². The molecule has 2 N–H and O–H groups in total. The van der Waals surface area contributed by atoms with Gasteiger partial charge in [0.05, 0.1) is 0 Å². The third kappa shape index (κ3) is 4.43. The summed E-state index contributed by atoms with van der Waals surface area (Å²) in [5.41, 5.74) is 1.03. The number of esters is 1. The summed E-state index contributed by atoms with van der Waals surface area (Å²) in [5.74, 6) is -1.36. The first-order valence-corrected chi connectivity index (χ1v) is 7.21. The largest absolute Gasteiger partial charge is 0.448 e. The lowest BCUT2D eigenvalue weighted by Gasteiger charge is -2.13. The SMILES string of the molecule is CC(=O)c1c[nH]c(C(=O)O[C@H](C)C(=O)Nc2ccc(Cl)cc2)c1. The average molecular weight is 335 g/mol. The van der Waals surface area contributed by atoms with Crippen LogP contribution in [0.2, 0.25) is 5.02 Å². The van der Waals surface area contributed by atoms with Crippen molar-refractivity contribution in [1.82, 2.24) is 4.98 Å². The highest BCUT2D eigenvalue weighted by Crippen LogP contribution is 2.14. The van der Waals surface area contributed by atoms with Crippen LogP contribution in [0.25, 0.3) is 0 Å². The fraction of sp³-hybridized carbons (Fsp3) is 0.188. The topological polar surface area (TPSA) is 88.3 Å². The van der Waals surface area contributed by atoms with Gasteiger partial charge in [0.15, 0.2) is 11.9 Å². The van der Waals surface area contributed by atoms with Crippen LogP contribution in [0.1, 0.15) is 34.7 Å². The minimum absolute atomic E-state index is 0.112. The first-order chi connectivity index (χ1) is 10.9. The molecule has 0 aliphatic rings. The Morgan fingerprint density at radius 1 is 1.22 bits per heavy atom. The molecule has 7 heteroatoms. The Balaban J connectivity index is 1.95. The summed E-state index contributed by atoms with van der Waals surface area (Å²) in [4.78, 5) is 37.8. The van der Waals surface area contributed by atoms with Gasteiger partial charge >= 0.3 is 5.97 Å². The number of anilines is 1. The number of carbonyl (C=O) groups excluding carboxylic acids is 3. The van der Waals surface area contributed by atoms with Crippen molar-refractivity contribution in [3.05, 3.63) is 52.8 Å². The van der Waals surface area contributed by atoms with Crippen molar-refractivity contribution in [2.24, 2.45) is 0 Å². The molecule has 0 saturated heterocycles. The number of amides is 1. The van der Waals surface area contributed by atoms with Crippen LogP contribution in [0.4, 0.5) is 5.69 Å². The van der Waals surface area contributed by atoms with Crippen LogP contribution in [-0.2, 0) is 9.53 Å². The number of aromatic nitrogens is 1. The zero-order chi connectivity index (χ0) is 17.0. The maximum Gasteiger partial charge on any atom is 0.355 e. The predicted octanol–water partition coefficient (Wildman–Crippen LogP) is 3.05. The molecule has 1 heterocycles. The first-order valence-electron chi connectivity index (χ1n) is 6.83. The number of Topliss-reactive ketones (excluding diaryl/α,β-unsaturated/α-hetero) is 1. The standard InChI is InChI=1S/C16H15ClN2O4/c1-9(20)11-7-14(18-8-11)16(22)23-10(2)15(21)19-13-5-3-12(17)4-6-13/h3-8,10,18H,1-2H3,(H,19,21)/t10-/m1/s1. The summed E-state index contributed by atoms with van der Waals surface area (Å²) >= 11 is 5.76. The van der Waals surface area contributed by atoms with E-state index in [4.69, 9.17) is 16.3 Å². The Morgan fingerprint density at radius 3 is 2.43 bits per heavy atom. The molecule has 120 valence electrons. The summed E-state index contributed by atoms with van der Waals surface area (Å²) < 4.78 is 5.07. The van der Waals surface area contributed by atoms with Gasteiger partial charge < -0.3 is 15.0 Å². The first kappa shape index (κ1) is 16.8. The normalized spacial score (nSPS) is 11.6.